The summed E-state index contributed by atoms with van der Waals surface area (Å²) in [6.45, 7) is 3.23. The second-order valence-corrected chi connectivity index (χ2v) is 4.86. The standard InChI is InChI=1S/C13H16N2O4/c1-13(4-6-19-7-5-13)15-11(16)10-3-2-9(8-14-10)12(17)18/h2-3,8H,4-7H2,1H3,(H,15,16)(H,17,18). The molecule has 1 aliphatic heterocycles. The van der Waals surface area contributed by atoms with Crippen LogP contribution < -0.4 is 5.32 Å². The van der Waals surface area contributed by atoms with Crippen LogP contribution in [-0.4, -0.2) is 40.7 Å². The largest absolute Gasteiger partial charge is 0.478 e. The van der Waals surface area contributed by atoms with E-state index in [0.717, 1.165) is 12.8 Å². The molecule has 1 aliphatic rings. The molecule has 6 nitrogen and oxygen atoms in total. The van der Waals surface area contributed by atoms with Gasteiger partial charge in [0, 0.05) is 24.9 Å². The molecule has 0 spiro atoms. The zero-order chi connectivity index (χ0) is 13.9. The topological polar surface area (TPSA) is 88.5 Å². The van der Waals surface area contributed by atoms with Gasteiger partial charge in [0.05, 0.1) is 5.56 Å². The molecule has 0 unspecified atom stereocenters. The van der Waals surface area contributed by atoms with Gasteiger partial charge < -0.3 is 15.2 Å². The first-order valence-electron chi connectivity index (χ1n) is 6.10. The molecule has 1 amide bonds. The summed E-state index contributed by atoms with van der Waals surface area (Å²) in [5, 5.41) is 11.7. The molecule has 0 radical (unpaired) electrons. The van der Waals surface area contributed by atoms with Crippen molar-refractivity contribution < 1.29 is 19.4 Å². The first kappa shape index (κ1) is 13.5. The number of aromatic nitrogens is 1. The summed E-state index contributed by atoms with van der Waals surface area (Å²) >= 11 is 0. The Hall–Kier alpha value is -1.95. The molecular formula is C13H16N2O4. The third kappa shape index (κ3) is 3.29. The normalized spacial score (nSPS) is 17.7. The Morgan fingerprint density at radius 2 is 2.05 bits per heavy atom. The molecular weight excluding hydrogens is 248 g/mol. The summed E-state index contributed by atoms with van der Waals surface area (Å²) in [5.41, 5.74) is -0.00537. The molecule has 2 rings (SSSR count). The highest BCUT2D eigenvalue weighted by molar-refractivity contribution is 5.94. The summed E-state index contributed by atoms with van der Waals surface area (Å²) in [5.74, 6) is -1.35. The Morgan fingerprint density at radius 1 is 1.37 bits per heavy atom. The number of ether oxygens (including phenoxy) is 1. The van der Waals surface area contributed by atoms with Crippen LogP contribution in [-0.2, 0) is 4.74 Å². The monoisotopic (exact) mass is 264 g/mol. The molecule has 1 fully saturated rings. The first-order valence-corrected chi connectivity index (χ1v) is 6.10. The summed E-state index contributed by atoms with van der Waals surface area (Å²) < 4.78 is 5.26. The van der Waals surface area contributed by atoms with Crippen molar-refractivity contribution >= 4 is 11.9 Å². The van der Waals surface area contributed by atoms with E-state index in [1.54, 1.807) is 0 Å². The zero-order valence-electron chi connectivity index (χ0n) is 10.7. The molecule has 0 bridgehead atoms. The highest BCUT2D eigenvalue weighted by atomic mass is 16.5. The lowest BCUT2D eigenvalue weighted by atomic mass is 9.92. The fourth-order valence-corrected chi connectivity index (χ4v) is 1.94. The summed E-state index contributed by atoms with van der Waals surface area (Å²) in [6, 6.07) is 2.79. The Balaban J connectivity index is 2.05. The van der Waals surface area contributed by atoms with E-state index < -0.39 is 5.97 Å². The third-order valence-corrected chi connectivity index (χ3v) is 3.25. The minimum atomic E-state index is -1.06. The van der Waals surface area contributed by atoms with Crippen LogP contribution >= 0.6 is 0 Å². The smallest absolute Gasteiger partial charge is 0.337 e. The van der Waals surface area contributed by atoms with Crippen LogP contribution in [0.2, 0.25) is 0 Å². The lowest BCUT2D eigenvalue weighted by Gasteiger charge is -2.34. The Bertz CT molecular complexity index is 478. The van der Waals surface area contributed by atoms with E-state index in [2.05, 4.69) is 10.3 Å². The maximum Gasteiger partial charge on any atom is 0.337 e. The number of carboxylic acids is 1. The van der Waals surface area contributed by atoms with Crippen molar-refractivity contribution in [2.24, 2.45) is 0 Å². The van der Waals surface area contributed by atoms with E-state index in [1.165, 1.54) is 18.3 Å². The van der Waals surface area contributed by atoms with Crippen molar-refractivity contribution in [1.29, 1.82) is 0 Å². The minimum Gasteiger partial charge on any atom is -0.478 e. The van der Waals surface area contributed by atoms with Gasteiger partial charge in [0.25, 0.3) is 5.91 Å². The molecule has 2 heterocycles. The average molecular weight is 264 g/mol. The SMILES string of the molecule is CC1(NC(=O)c2ccc(C(=O)O)cn2)CCOCC1. The van der Waals surface area contributed by atoms with Crippen molar-refractivity contribution in [3.05, 3.63) is 29.6 Å². The van der Waals surface area contributed by atoms with Crippen molar-refractivity contribution in [2.45, 2.75) is 25.3 Å². The zero-order valence-corrected chi connectivity index (χ0v) is 10.7. The van der Waals surface area contributed by atoms with Gasteiger partial charge in [-0.05, 0) is 31.9 Å². The molecule has 1 saturated heterocycles. The Kier molecular flexibility index (Phi) is 3.80. The molecule has 1 aromatic rings. The van der Waals surface area contributed by atoms with Gasteiger partial charge in [-0.1, -0.05) is 0 Å². The number of carbonyl (C=O) groups is 2. The summed E-state index contributed by atoms with van der Waals surface area (Å²) in [6.07, 6.45) is 2.70. The molecule has 19 heavy (non-hydrogen) atoms. The van der Waals surface area contributed by atoms with Crippen molar-refractivity contribution in [3.63, 3.8) is 0 Å². The number of aromatic carboxylic acids is 1. The molecule has 0 atom stereocenters. The van der Waals surface area contributed by atoms with E-state index in [1.807, 2.05) is 6.92 Å². The predicted octanol–water partition coefficient (Wildman–Crippen LogP) is 1.08. The highest BCUT2D eigenvalue weighted by Gasteiger charge is 2.29. The van der Waals surface area contributed by atoms with Gasteiger partial charge in [-0.2, -0.15) is 0 Å². The van der Waals surface area contributed by atoms with Crippen LogP contribution in [0.15, 0.2) is 18.3 Å². The van der Waals surface area contributed by atoms with Crippen LogP contribution in [0.25, 0.3) is 0 Å². The van der Waals surface area contributed by atoms with Gasteiger partial charge in [-0.25, -0.2) is 4.79 Å². The third-order valence-electron chi connectivity index (χ3n) is 3.25. The molecule has 0 aromatic carbocycles. The van der Waals surface area contributed by atoms with Gasteiger partial charge in [0.15, 0.2) is 0 Å². The molecule has 0 saturated carbocycles. The summed E-state index contributed by atoms with van der Waals surface area (Å²) in [7, 11) is 0. The van der Waals surface area contributed by atoms with Crippen molar-refractivity contribution in [1.82, 2.24) is 10.3 Å². The van der Waals surface area contributed by atoms with E-state index in [0.29, 0.717) is 13.2 Å². The van der Waals surface area contributed by atoms with Crippen LogP contribution in [0.4, 0.5) is 0 Å². The van der Waals surface area contributed by atoms with E-state index >= 15 is 0 Å². The molecule has 6 heteroatoms. The maximum atomic E-state index is 12.0. The summed E-state index contributed by atoms with van der Waals surface area (Å²) in [4.78, 5) is 26.6. The van der Waals surface area contributed by atoms with Crippen molar-refractivity contribution in [2.75, 3.05) is 13.2 Å². The number of nitrogens with zero attached hydrogens (tertiary/aromatic N) is 1. The minimum absolute atomic E-state index is 0.0637. The van der Waals surface area contributed by atoms with E-state index in [9.17, 15) is 9.59 Å². The number of hydrogen-bond acceptors (Lipinski definition) is 4. The number of pyridine rings is 1. The van der Waals surface area contributed by atoms with E-state index in [-0.39, 0.29) is 22.7 Å². The Morgan fingerprint density at radius 3 is 2.58 bits per heavy atom. The predicted molar refractivity (Wildman–Crippen MR) is 67.1 cm³/mol. The number of carbonyl (C=O) groups excluding carboxylic acids is 1. The fourth-order valence-electron chi connectivity index (χ4n) is 1.94. The fraction of sp³-hybridized carbons (Fsp3) is 0.462. The number of nitrogens with one attached hydrogen (secondary N) is 1. The molecule has 2 N–H and O–H groups in total. The van der Waals surface area contributed by atoms with Gasteiger partial charge in [0.1, 0.15) is 5.69 Å². The molecule has 0 aliphatic carbocycles. The maximum absolute atomic E-state index is 12.0. The van der Waals surface area contributed by atoms with Crippen molar-refractivity contribution in [3.8, 4) is 0 Å². The second-order valence-electron chi connectivity index (χ2n) is 4.86. The molecule has 1 aromatic heterocycles. The number of hydrogen-bond donors (Lipinski definition) is 2. The van der Waals surface area contributed by atoms with Crippen LogP contribution in [0.1, 0.15) is 40.6 Å². The van der Waals surface area contributed by atoms with Gasteiger partial charge in [-0.15, -0.1) is 0 Å². The van der Waals surface area contributed by atoms with Gasteiger partial charge in [0.2, 0.25) is 0 Å². The number of carboxylic acid groups (broad SMARTS) is 1. The van der Waals surface area contributed by atoms with E-state index in [4.69, 9.17) is 9.84 Å². The van der Waals surface area contributed by atoms with Gasteiger partial charge in [-0.3, -0.25) is 9.78 Å². The number of amides is 1. The molecule has 102 valence electrons. The Labute approximate surface area is 110 Å². The first-order chi connectivity index (χ1) is 9.00. The van der Waals surface area contributed by atoms with Crippen LogP contribution in [0.5, 0.6) is 0 Å². The quantitative estimate of drug-likeness (QED) is 0.852. The second kappa shape index (κ2) is 5.36. The van der Waals surface area contributed by atoms with Crippen LogP contribution in [0.3, 0.4) is 0 Å². The number of rotatable bonds is 3. The lowest BCUT2D eigenvalue weighted by Crippen LogP contribution is -2.49. The highest BCUT2D eigenvalue weighted by Crippen LogP contribution is 2.20. The van der Waals surface area contributed by atoms with Crippen LogP contribution in [0, 0.1) is 0 Å². The average Bonchev–Trinajstić information content (AvgIpc) is 2.39. The lowest BCUT2D eigenvalue weighted by molar-refractivity contribution is 0.0421. The van der Waals surface area contributed by atoms with Gasteiger partial charge >= 0.3 is 5.97 Å².